The molecule has 19 heavy (non-hydrogen) atoms. The van der Waals surface area contributed by atoms with Crippen LogP contribution in [0.5, 0.6) is 5.75 Å². The lowest BCUT2D eigenvalue weighted by Gasteiger charge is -2.26. The van der Waals surface area contributed by atoms with E-state index in [0.717, 1.165) is 5.56 Å². The summed E-state index contributed by atoms with van der Waals surface area (Å²) < 4.78 is 18.5. The Balaban J connectivity index is 2.66. The molecule has 0 atom stereocenters. The second-order valence-electron chi connectivity index (χ2n) is 5.05. The van der Waals surface area contributed by atoms with E-state index in [2.05, 4.69) is 5.32 Å². The first-order valence-electron chi connectivity index (χ1n) is 6.13. The summed E-state index contributed by atoms with van der Waals surface area (Å²) in [5, 5.41) is 11.6. The minimum absolute atomic E-state index is 0.0764. The summed E-state index contributed by atoms with van der Waals surface area (Å²) in [6.07, 6.45) is 0.0764. The third kappa shape index (κ3) is 4.52. The number of carbonyl (C=O) groups is 1. The summed E-state index contributed by atoms with van der Waals surface area (Å²) in [4.78, 5) is 10.4. The topological polar surface area (TPSA) is 58.6 Å². The molecule has 2 N–H and O–H groups in total. The Labute approximate surface area is 112 Å². The zero-order chi connectivity index (χ0) is 14.5. The summed E-state index contributed by atoms with van der Waals surface area (Å²) in [6.45, 7) is 4.92. The van der Waals surface area contributed by atoms with E-state index in [0.29, 0.717) is 13.1 Å². The number of halogens is 1. The molecule has 0 aliphatic carbocycles. The number of nitrogens with one attached hydrogen (secondary N) is 1. The second-order valence-corrected chi connectivity index (χ2v) is 5.05. The van der Waals surface area contributed by atoms with Crippen molar-refractivity contribution in [1.82, 2.24) is 5.32 Å². The van der Waals surface area contributed by atoms with E-state index in [-0.39, 0.29) is 17.6 Å². The molecule has 0 bridgehead atoms. The van der Waals surface area contributed by atoms with Gasteiger partial charge in [0.15, 0.2) is 11.6 Å². The van der Waals surface area contributed by atoms with E-state index >= 15 is 0 Å². The SMILES string of the molecule is COc1ccc(C(C)(C)CNCCC(=O)O)cc1F. The zero-order valence-electron chi connectivity index (χ0n) is 11.5. The number of hydrogen-bond acceptors (Lipinski definition) is 3. The molecule has 1 aromatic rings. The molecule has 0 aromatic heterocycles. The van der Waals surface area contributed by atoms with Crippen molar-refractivity contribution in [1.29, 1.82) is 0 Å². The average molecular weight is 269 g/mol. The van der Waals surface area contributed by atoms with Crippen molar-refractivity contribution in [3.63, 3.8) is 0 Å². The molecule has 0 spiro atoms. The molecule has 0 saturated heterocycles. The van der Waals surface area contributed by atoms with Crippen LogP contribution in [0.3, 0.4) is 0 Å². The van der Waals surface area contributed by atoms with Gasteiger partial charge in [-0.3, -0.25) is 4.79 Å². The van der Waals surface area contributed by atoms with E-state index in [9.17, 15) is 9.18 Å². The quantitative estimate of drug-likeness (QED) is 0.745. The maximum absolute atomic E-state index is 13.7. The third-order valence-electron chi connectivity index (χ3n) is 3.02. The van der Waals surface area contributed by atoms with Gasteiger partial charge in [-0.15, -0.1) is 0 Å². The molecular weight excluding hydrogens is 249 g/mol. The predicted molar refractivity (Wildman–Crippen MR) is 71.1 cm³/mol. The van der Waals surface area contributed by atoms with Crippen LogP contribution in [0.25, 0.3) is 0 Å². The van der Waals surface area contributed by atoms with Crippen molar-refractivity contribution in [3.05, 3.63) is 29.6 Å². The van der Waals surface area contributed by atoms with Crippen LogP contribution < -0.4 is 10.1 Å². The maximum atomic E-state index is 13.7. The highest BCUT2D eigenvalue weighted by atomic mass is 19.1. The molecule has 0 amide bonds. The minimum Gasteiger partial charge on any atom is -0.494 e. The molecule has 0 aliphatic heterocycles. The zero-order valence-corrected chi connectivity index (χ0v) is 11.5. The Bertz CT molecular complexity index is 446. The van der Waals surface area contributed by atoms with Crippen LogP contribution in [0, 0.1) is 5.82 Å². The summed E-state index contributed by atoms with van der Waals surface area (Å²) in [6, 6.07) is 4.88. The first kappa shape index (κ1) is 15.4. The van der Waals surface area contributed by atoms with Crippen molar-refractivity contribution >= 4 is 5.97 Å². The fourth-order valence-corrected chi connectivity index (χ4v) is 1.79. The number of methoxy groups -OCH3 is 1. The largest absolute Gasteiger partial charge is 0.494 e. The molecule has 5 heteroatoms. The first-order chi connectivity index (χ1) is 8.86. The van der Waals surface area contributed by atoms with Gasteiger partial charge in [-0.2, -0.15) is 0 Å². The van der Waals surface area contributed by atoms with Gasteiger partial charge in [0.1, 0.15) is 0 Å². The van der Waals surface area contributed by atoms with Gasteiger partial charge in [-0.25, -0.2) is 4.39 Å². The van der Waals surface area contributed by atoms with E-state index < -0.39 is 11.8 Å². The highest BCUT2D eigenvalue weighted by Crippen LogP contribution is 2.26. The standard InChI is InChI=1S/C14H20FNO3/c1-14(2,9-16-7-6-13(17)18)10-4-5-12(19-3)11(15)8-10/h4-5,8,16H,6-7,9H2,1-3H3,(H,17,18). The number of benzene rings is 1. The molecule has 0 aliphatic rings. The molecule has 0 fully saturated rings. The lowest BCUT2D eigenvalue weighted by molar-refractivity contribution is -0.136. The molecule has 0 saturated carbocycles. The normalized spacial score (nSPS) is 11.4. The van der Waals surface area contributed by atoms with Crippen molar-refractivity contribution < 1.29 is 19.0 Å². The smallest absolute Gasteiger partial charge is 0.304 e. The Morgan fingerprint density at radius 1 is 1.47 bits per heavy atom. The van der Waals surface area contributed by atoms with Crippen LogP contribution in [-0.4, -0.2) is 31.3 Å². The number of carboxylic acids is 1. The van der Waals surface area contributed by atoms with E-state index in [4.69, 9.17) is 9.84 Å². The lowest BCUT2D eigenvalue weighted by atomic mass is 9.84. The van der Waals surface area contributed by atoms with Crippen molar-refractivity contribution in [2.75, 3.05) is 20.2 Å². The summed E-state index contributed by atoms with van der Waals surface area (Å²) in [5.74, 6) is -1.00. The number of hydrogen-bond donors (Lipinski definition) is 2. The highest BCUT2D eigenvalue weighted by Gasteiger charge is 2.21. The molecule has 1 rings (SSSR count). The van der Waals surface area contributed by atoms with Crippen LogP contribution in [0.1, 0.15) is 25.8 Å². The fraction of sp³-hybridized carbons (Fsp3) is 0.500. The van der Waals surface area contributed by atoms with Gasteiger partial charge in [0.2, 0.25) is 0 Å². The highest BCUT2D eigenvalue weighted by molar-refractivity contribution is 5.66. The Hall–Kier alpha value is -1.62. The summed E-state index contributed by atoms with van der Waals surface area (Å²) in [5.41, 5.74) is 0.555. The molecule has 0 radical (unpaired) electrons. The number of ether oxygens (including phenoxy) is 1. The van der Waals surface area contributed by atoms with Gasteiger partial charge in [0.05, 0.1) is 13.5 Å². The van der Waals surface area contributed by atoms with Crippen molar-refractivity contribution in [3.8, 4) is 5.75 Å². The molecule has 106 valence electrons. The van der Waals surface area contributed by atoms with Crippen LogP contribution in [-0.2, 0) is 10.2 Å². The summed E-state index contributed by atoms with van der Waals surface area (Å²) >= 11 is 0. The number of carboxylic acid groups (broad SMARTS) is 1. The molecular formula is C14H20FNO3. The Kier molecular flexibility index (Phi) is 5.30. The van der Waals surface area contributed by atoms with Gasteiger partial charge in [0, 0.05) is 18.5 Å². The monoisotopic (exact) mass is 269 g/mol. The molecule has 1 aromatic carbocycles. The average Bonchev–Trinajstić information content (AvgIpc) is 2.34. The molecule has 0 heterocycles. The number of rotatable bonds is 7. The fourth-order valence-electron chi connectivity index (χ4n) is 1.79. The van der Waals surface area contributed by atoms with Crippen LogP contribution in [0.15, 0.2) is 18.2 Å². The van der Waals surface area contributed by atoms with Gasteiger partial charge >= 0.3 is 5.97 Å². The number of aliphatic carboxylic acids is 1. The van der Waals surface area contributed by atoms with Gasteiger partial charge in [0.25, 0.3) is 0 Å². The lowest BCUT2D eigenvalue weighted by Crippen LogP contribution is -2.34. The van der Waals surface area contributed by atoms with Crippen LogP contribution >= 0.6 is 0 Å². The molecule has 0 unspecified atom stereocenters. The van der Waals surface area contributed by atoms with Crippen LogP contribution in [0.2, 0.25) is 0 Å². The van der Waals surface area contributed by atoms with Crippen molar-refractivity contribution in [2.45, 2.75) is 25.7 Å². The first-order valence-corrected chi connectivity index (χ1v) is 6.13. The minimum atomic E-state index is -0.833. The third-order valence-corrected chi connectivity index (χ3v) is 3.02. The van der Waals surface area contributed by atoms with Gasteiger partial charge < -0.3 is 15.2 Å². The van der Waals surface area contributed by atoms with E-state index in [1.165, 1.54) is 13.2 Å². The van der Waals surface area contributed by atoms with E-state index in [1.807, 2.05) is 19.9 Å². The second kappa shape index (κ2) is 6.52. The maximum Gasteiger partial charge on any atom is 0.304 e. The van der Waals surface area contributed by atoms with E-state index in [1.54, 1.807) is 6.07 Å². The van der Waals surface area contributed by atoms with Gasteiger partial charge in [-0.05, 0) is 17.7 Å². The Morgan fingerprint density at radius 3 is 2.68 bits per heavy atom. The predicted octanol–water partition coefficient (Wildman–Crippen LogP) is 2.18. The van der Waals surface area contributed by atoms with Crippen molar-refractivity contribution in [2.24, 2.45) is 0 Å². The summed E-state index contributed by atoms with van der Waals surface area (Å²) in [7, 11) is 1.43. The Morgan fingerprint density at radius 2 is 2.16 bits per heavy atom. The molecule has 4 nitrogen and oxygen atoms in total. The van der Waals surface area contributed by atoms with Crippen LogP contribution in [0.4, 0.5) is 4.39 Å². The van der Waals surface area contributed by atoms with Gasteiger partial charge in [-0.1, -0.05) is 19.9 Å².